The Bertz CT molecular complexity index is 907. The zero-order valence-corrected chi connectivity index (χ0v) is 15.9. The van der Waals surface area contributed by atoms with Gasteiger partial charge in [0, 0.05) is 23.1 Å². The lowest BCUT2D eigenvalue weighted by atomic mass is 9.78. The molecule has 0 radical (unpaired) electrons. The maximum absolute atomic E-state index is 12.5. The Morgan fingerprint density at radius 2 is 1.93 bits per heavy atom. The largest absolute Gasteiger partial charge is 0.573 e. The van der Waals surface area contributed by atoms with Crippen LogP contribution >= 0.6 is 0 Å². The lowest BCUT2D eigenvalue weighted by molar-refractivity contribution is -0.274. The molecule has 0 unspecified atom stereocenters. The van der Waals surface area contributed by atoms with E-state index in [1.54, 1.807) is 0 Å². The molecule has 1 saturated carbocycles. The first-order chi connectivity index (χ1) is 13.7. The second-order valence-corrected chi connectivity index (χ2v) is 7.36. The van der Waals surface area contributed by atoms with E-state index in [2.05, 4.69) is 15.0 Å². The fraction of sp³-hybridized carbons (Fsp3) is 0.500. The number of hydrogen-bond acceptors (Lipinski definition) is 3. The predicted octanol–water partition coefficient (Wildman–Crippen LogP) is 3.92. The third kappa shape index (κ3) is 5.02. The maximum atomic E-state index is 12.5. The Kier molecular flexibility index (Phi) is 6.04. The number of H-pyrrole nitrogens is 1. The van der Waals surface area contributed by atoms with Gasteiger partial charge in [-0.15, -0.1) is 13.2 Å². The van der Waals surface area contributed by atoms with Crippen LogP contribution in [0.5, 0.6) is 5.75 Å². The molecule has 1 aromatic heterocycles. The van der Waals surface area contributed by atoms with E-state index >= 15 is 0 Å². The van der Waals surface area contributed by atoms with Crippen molar-refractivity contribution in [3.8, 4) is 5.75 Å². The molecule has 1 fully saturated rings. The number of carboxylic acid groups (broad SMARTS) is 1. The number of ether oxygens (including phenoxy) is 1. The van der Waals surface area contributed by atoms with Crippen molar-refractivity contribution in [2.75, 3.05) is 6.54 Å². The average Bonchev–Trinajstić information content (AvgIpc) is 2.95. The van der Waals surface area contributed by atoms with Crippen LogP contribution in [0, 0.1) is 18.8 Å². The van der Waals surface area contributed by atoms with Crippen molar-refractivity contribution >= 4 is 22.8 Å². The fourth-order valence-corrected chi connectivity index (χ4v) is 4.06. The third-order valence-corrected chi connectivity index (χ3v) is 5.42. The van der Waals surface area contributed by atoms with E-state index in [1.807, 2.05) is 6.92 Å². The van der Waals surface area contributed by atoms with Crippen molar-refractivity contribution in [2.24, 2.45) is 11.8 Å². The maximum Gasteiger partial charge on any atom is 0.573 e. The van der Waals surface area contributed by atoms with Crippen LogP contribution in [0.25, 0.3) is 10.9 Å². The van der Waals surface area contributed by atoms with Crippen molar-refractivity contribution in [2.45, 2.75) is 45.4 Å². The standard InChI is InChI=1S/C20H23F3N2O4/c1-11-13(16-10-12(29-20(21,22)23)6-7-17(16)25-11)8-9-24-18(26)14-4-2-3-5-15(14)19(27)28/h6-7,10,14-15,25H,2-5,8-9H2,1H3,(H,24,26)(H,27,28)/t14-,15+/m0/s1. The number of carbonyl (C=O) groups excluding carboxylic acids is 1. The number of hydrogen-bond donors (Lipinski definition) is 3. The molecule has 1 aromatic carbocycles. The van der Waals surface area contributed by atoms with Crippen LogP contribution in [0.3, 0.4) is 0 Å². The number of alkyl halides is 3. The smallest absolute Gasteiger partial charge is 0.481 e. The summed E-state index contributed by atoms with van der Waals surface area (Å²) in [5.74, 6) is -2.75. The van der Waals surface area contributed by atoms with E-state index in [4.69, 9.17) is 0 Å². The highest BCUT2D eigenvalue weighted by Gasteiger charge is 2.35. The van der Waals surface area contributed by atoms with Crippen LogP contribution in [0.15, 0.2) is 18.2 Å². The number of aryl methyl sites for hydroxylation is 1. The van der Waals surface area contributed by atoms with Gasteiger partial charge < -0.3 is 20.1 Å². The van der Waals surface area contributed by atoms with Gasteiger partial charge in [-0.05, 0) is 49.9 Å². The number of aromatic nitrogens is 1. The van der Waals surface area contributed by atoms with Gasteiger partial charge in [0.1, 0.15) is 5.75 Å². The first-order valence-corrected chi connectivity index (χ1v) is 9.53. The number of aromatic amines is 1. The van der Waals surface area contributed by atoms with Gasteiger partial charge in [-0.3, -0.25) is 9.59 Å². The van der Waals surface area contributed by atoms with Gasteiger partial charge in [0.05, 0.1) is 11.8 Å². The molecule has 6 nitrogen and oxygen atoms in total. The molecule has 2 aromatic rings. The minimum Gasteiger partial charge on any atom is -0.481 e. The molecular weight excluding hydrogens is 389 g/mol. The van der Waals surface area contributed by atoms with E-state index in [1.165, 1.54) is 18.2 Å². The Morgan fingerprint density at radius 3 is 2.59 bits per heavy atom. The molecule has 0 saturated heterocycles. The monoisotopic (exact) mass is 412 g/mol. The zero-order valence-electron chi connectivity index (χ0n) is 15.9. The highest BCUT2D eigenvalue weighted by molar-refractivity contribution is 5.87. The Morgan fingerprint density at radius 1 is 1.24 bits per heavy atom. The molecule has 1 aliphatic carbocycles. The summed E-state index contributed by atoms with van der Waals surface area (Å²) in [5.41, 5.74) is 2.25. The highest BCUT2D eigenvalue weighted by Crippen LogP contribution is 2.31. The molecule has 0 aliphatic heterocycles. The van der Waals surface area contributed by atoms with Crippen LogP contribution in [0.1, 0.15) is 36.9 Å². The summed E-state index contributed by atoms with van der Waals surface area (Å²) in [4.78, 5) is 27.0. The number of rotatable bonds is 6. The summed E-state index contributed by atoms with van der Waals surface area (Å²) in [6.45, 7) is 2.07. The fourth-order valence-electron chi connectivity index (χ4n) is 4.06. The van der Waals surface area contributed by atoms with Crippen LogP contribution in [0.2, 0.25) is 0 Å². The Labute approximate surface area is 165 Å². The van der Waals surface area contributed by atoms with Gasteiger partial charge in [-0.1, -0.05) is 12.8 Å². The number of benzene rings is 1. The van der Waals surface area contributed by atoms with Gasteiger partial charge in [0.2, 0.25) is 5.91 Å². The molecule has 3 rings (SSSR count). The van der Waals surface area contributed by atoms with Crippen LogP contribution in [-0.2, 0) is 16.0 Å². The van der Waals surface area contributed by atoms with Crippen molar-refractivity contribution < 1.29 is 32.6 Å². The highest BCUT2D eigenvalue weighted by atomic mass is 19.4. The van der Waals surface area contributed by atoms with Gasteiger partial charge in [0.25, 0.3) is 0 Å². The molecule has 3 N–H and O–H groups in total. The number of nitrogens with one attached hydrogen (secondary N) is 2. The van der Waals surface area contributed by atoms with Crippen molar-refractivity contribution in [1.82, 2.24) is 10.3 Å². The summed E-state index contributed by atoms with van der Waals surface area (Å²) >= 11 is 0. The second kappa shape index (κ2) is 8.34. The third-order valence-electron chi connectivity index (χ3n) is 5.42. The number of amides is 1. The van der Waals surface area contributed by atoms with E-state index in [9.17, 15) is 27.9 Å². The van der Waals surface area contributed by atoms with Crippen molar-refractivity contribution in [1.29, 1.82) is 0 Å². The first-order valence-electron chi connectivity index (χ1n) is 9.53. The molecule has 158 valence electrons. The molecule has 2 atom stereocenters. The number of halogens is 3. The summed E-state index contributed by atoms with van der Waals surface area (Å²) in [7, 11) is 0. The number of carbonyl (C=O) groups is 2. The van der Waals surface area contributed by atoms with E-state index in [0.29, 0.717) is 30.2 Å². The van der Waals surface area contributed by atoms with Gasteiger partial charge in [0.15, 0.2) is 0 Å². The quantitative estimate of drug-likeness (QED) is 0.671. The summed E-state index contributed by atoms with van der Waals surface area (Å²) in [5, 5.41) is 12.7. The van der Waals surface area contributed by atoms with Crippen molar-refractivity contribution in [3.05, 3.63) is 29.5 Å². The predicted molar refractivity (Wildman–Crippen MR) is 99.5 cm³/mol. The summed E-state index contributed by atoms with van der Waals surface area (Å²) in [6.07, 6.45) is -1.70. The van der Waals surface area contributed by atoms with Crippen LogP contribution in [0.4, 0.5) is 13.2 Å². The SMILES string of the molecule is Cc1[nH]c2ccc(OC(F)(F)F)cc2c1CCNC(=O)[C@H]1CCCC[C@H]1C(=O)O. The average molecular weight is 412 g/mol. The lowest BCUT2D eigenvalue weighted by Gasteiger charge is -2.27. The number of carboxylic acids is 1. The number of fused-ring (bicyclic) bond motifs is 1. The van der Waals surface area contributed by atoms with Crippen molar-refractivity contribution in [3.63, 3.8) is 0 Å². The molecular formula is C20H23F3N2O4. The molecule has 29 heavy (non-hydrogen) atoms. The summed E-state index contributed by atoms with van der Waals surface area (Å²) in [6, 6.07) is 4.09. The van der Waals surface area contributed by atoms with E-state index in [-0.39, 0.29) is 18.2 Å². The molecule has 9 heteroatoms. The molecule has 1 amide bonds. The Balaban J connectivity index is 1.68. The van der Waals surface area contributed by atoms with Crippen LogP contribution in [-0.4, -0.2) is 34.9 Å². The normalized spacial score (nSPS) is 19.9. The minimum atomic E-state index is -4.77. The van der Waals surface area contributed by atoms with Gasteiger partial charge in [-0.25, -0.2) is 0 Å². The van der Waals surface area contributed by atoms with Gasteiger partial charge >= 0.3 is 12.3 Å². The van der Waals surface area contributed by atoms with Gasteiger partial charge in [-0.2, -0.15) is 0 Å². The first kappa shape index (κ1) is 21.0. The summed E-state index contributed by atoms with van der Waals surface area (Å²) < 4.78 is 41.4. The molecule has 0 spiro atoms. The molecule has 1 aliphatic rings. The second-order valence-electron chi connectivity index (χ2n) is 7.36. The molecule has 1 heterocycles. The molecule has 0 bridgehead atoms. The zero-order chi connectivity index (χ0) is 21.2. The Hall–Kier alpha value is -2.71. The minimum absolute atomic E-state index is 0.264. The lowest BCUT2D eigenvalue weighted by Crippen LogP contribution is -2.40. The van der Waals surface area contributed by atoms with Crippen LogP contribution < -0.4 is 10.1 Å². The number of aliphatic carboxylic acids is 1. The van der Waals surface area contributed by atoms with E-state index in [0.717, 1.165) is 24.1 Å². The van der Waals surface area contributed by atoms with E-state index < -0.39 is 24.2 Å². The topological polar surface area (TPSA) is 91.4 Å².